The monoisotopic (exact) mass is 311 g/mol. The van der Waals surface area contributed by atoms with Gasteiger partial charge in [-0.1, -0.05) is 15.9 Å². The first-order valence-electron chi connectivity index (χ1n) is 5.04. The van der Waals surface area contributed by atoms with Crippen LogP contribution in [0.4, 0.5) is 14.5 Å². The van der Waals surface area contributed by atoms with E-state index in [1.165, 1.54) is 24.3 Å². The largest absolute Gasteiger partial charge is 0.396 e. The molecule has 0 radical (unpaired) electrons. The minimum absolute atomic E-state index is 0.0372. The van der Waals surface area contributed by atoms with E-state index in [0.717, 1.165) is 12.1 Å². The van der Waals surface area contributed by atoms with E-state index >= 15 is 0 Å². The number of hydrogen-bond acceptors (Lipinski definition) is 2. The van der Waals surface area contributed by atoms with Crippen molar-refractivity contribution in [1.82, 2.24) is 0 Å². The van der Waals surface area contributed by atoms with Crippen molar-refractivity contribution in [3.63, 3.8) is 0 Å². The fourth-order valence-corrected chi connectivity index (χ4v) is 1.92. The number of rotatable bonds is 2. The van der Waals surface area contributed by atoms with Gasteiger partial charge in [-0.3, -0.25) is 4.79 Å². The Labute approximate surface area is 111 Å². The van der Waals surface area contributed by atoms with Crippen molar-refractivity contribution in [3.05, 3.63) is 63.6 Å². The zero-order chi connectivity index (χ0) is 13.3. The van der Waals surface area contributed by atoms with E-state index < -0.39 is 17.4 Å². The Morgan fingerprint density at radius 1 is 1.11 bits per heavy atom. The molecule has 0 saturated carbocycles. The highest BCUT2D eigenvalue weighted by Crippen LogP contribution is 2.22. The standard InChI is InChI=1S/C13H8BrF2NO/c14-10-3-2-8(15)6-9(10)13(18)7-1-4-12(17)11(16)5-7/h1-6H,17H2. The van der Waals surface area contributed by atoms with E-state index in [9.17, 15) is 13.6 Å². The molecule has 18 heavy (non-hydrogen) atoms. The summed E-state index contributed by atoms with van der Waals surface area (Å²) in [5.41, 5.74) is 5.55. The summed E-state index contributed by atoms with van der Waals surface area (Å²) in [7, 11) is 0. The Kier molecular flexibility index (Phi) is 3.43. The van der Waals surface area contributed by atoms with Crippen molar-refractivity contribution >= 4 is 27.4 Å². The van der Waals surface area contributed by atoms with Gasteiger partial charge in [0.1, 0.15) is 11.6 Å². The first-order chi connectivity index (χ1) is 8.49. The molecule has 2 nitrogen and oxygen atoms in total. The second-order valence-electron chi connectivity index (χ2n) is 3.69. The predicted octanol–water partition coefficient (Wildman–Crippen LogP) is 3.54. The van der Waals surface area contributed by atoms with Crippen molar-refractivity contribution in [2.75, 3.05) is 5.73 Å². The summed E-state index contributed by atoms with van der Waals surface area (Å²) in [6, 6.07) is 7.49. The molecule has 0 fully saturated rings. The normalized spacial score (nSPS) is 10.4. The lowest BCUT2D eigenvalue weighted by Gasteiger charge is -2.05. The summed E-state index contributed by atoms with van der Waals surface area (Å²) < 4.78 is 26.8. The van der Waals surface area contributed by atoms with E-state index in [-0.39, 0.29) is 16.8 Å². The van der Waals surface area contributed by atoms with Gasteiger partial charge in [0.25, 0.3) is 0 Å². The number of anilines is 1. The van der Waals surface area contributed by atoms with Crippen LogP contribution >= 0.6 is 15.9 Å². The average molecular weight is 312 g/mol. The smallest absolute Gasteiger partial charge is 0.194 e. The number of ketones is 1. The third-order valence-electron chi connectivity index (χ3n) is 2.44. The maximum Gasteiger partial charge on any atom is 0.194 e. The number of hydrogen-bond donors (Lipinski definition) is 1. The van der Waals surface area contributed by atoms with E-state index in [4.69, 9.17) is 5.73 Å². The number of nitrogen functional groups attached to an aromatic ring is 1. The lowest BCUT2D eigenvalue weighted by molar-refractivity contribution is 0.103. The molecule has 0 aliphatic heterocycles. The molecule has 0 unspecified atom stereocenters. The molecule has 5 heteroatoms. The summed E-state index contributed by atoms with van der Waals surface area (Å²) in [6.07, 6.45) is 0. The van der Waals surface area contributed by atoms with Crippen LogP contribution in [0.1, 0.15) is 15.9 Å². The van der Waals surface area contributed by atoms with Crippen LogP contribution in [-0.2, 0) is 0 Å². The maximum absolute atomic E-state index is 13.3. The molecule has 0 atom stereocenters. The van der Waals surface area contributed by atoms with Gasteiger partial charge in [-0.2, -0.15) is 0 Å². The first kappa shape index (κ1) is 12.7. The Balaban J connectivity index is 2.47. The molecule has 92 valence electrons. The van der Waals surface area contributed by atoms with E-state index in [2.05, 4.69) is 15.9 Å². The molecule has 0 aliphatic carbocycles. The summed E-state index contributed by atoms with van der Waals surface area (Å²) >= 11 is 3.16. The Hall–Kier alpha value is -1.75. The van der Waals surface area contributed by atoms with Crippen LogP contribution in [0.3, 0.4) is 0 Å². The fraction of sp³-hybridized carbons (Fsp3) is 0. The molecule has 0 aliphatic rings. The minimum atomic E-state index is -0.673. The molecule has 0 bridgehead atoms. The van der Waals surface area contributed by atoms with E-state index in [1.807, 2.05) is 0 Å². The highest BCUT2D eigenvalue weighted by atomic mass is 79.9. The molecule has 0 heterocycles. The summed E-state index contributed by atoms with van der Waals surface area (Å²) in [5.74, 6) is -1.67. The van der Waals surface area contributed by atoms with Gasteiger partial charge in [0, 0.05) is 15.6 Å². The SMILES string of the molecule is Nc1ccc(C(=O)c2cc(F)ccc2Br)cc1F. The Bertz CT molecular complexity index is 628. The van der Waals surface area contributed by atoms with Gasteiger partial charge in [0.2, 0.25) is 0 Å². The number of halogens is 3. The molecule has 0 saturated heterocycles. The van der Waals surface area contributed by atoms with Gasteiger partial charge in [0.05, 0.1) is 5.69 Å². The van der Waals surface area contributed by atoms with Crippen LogP contribution < -0.4 is 5.73 Å². The van der Waals surface area contributed by atoms with Gasteiger partial charge < -0.3 is 5.73 Å². The highest BCUT2D eigenvalue weighted by molar-refractivity contribution is 9.10. The number of nitrogens with two attached hydrogens (primary N) is 1. The van der Waals surface area contributed by atoms with Crippen molar-refractivity contribution in [2.45, 2.75) is 0 Å². The number of carbonyl (C=O) groups is 1. The van der Waals surface area contributed by atoms with Gasteiger partial charge in [-0.05, 0) is 36.4 Å². The van der Waals surface area contributed by atoms with E-state index in [0.29, 0.717) is 4.47 Å². The molecule has 0 amide bonds. The minimum Gasteiger partial charge on any atom is -0.396 e. The predicted molar refractivity (Wildman–Crippen MR) is 68.3 cm³/mol. The van der Waals surface area contributed by atoms with Crippen molar-refractivity contribution < 1.29 is 13.6 Å². The molecule has 2 rings (SSSR count). The van der Waals surface area contributed by atoms with Crippen LogP contribution in [0, 0.1) is 11.6 Å². The average Bonchev–Trinajstić information content (AvgIpc) is 2.35. The molecule has 2 N–H and O–H groups in total. The third kappa shape index (κ3) is 2.41. The number of carbonyl (C=O) groups excluding carboxylic acids is 1. The lowest BCUT2D eigenvalue weighted by atomic mass is 10.0. The molecule has 2 aromatic rings. The van der Waals surface area contributed by atoms with Gasteiger partial charge in [-0.15, -0.1) is 0 Å². The topological polar surface area (TPSA) is 43.1 Å². The summed E-state index contributed by atoms with van der Waals surface area (Å²) in [5, 5.41) is 0. The van der Waals surface area contributed by atoms with Crippen LogP contribution in [0.5, 0.6) is 0 Å². The quantitative estimate of drug-likeness (QED) is 0.681. The second kappa shape index (κ2) is 4.86. The van der Waals surface area contributed by atoms with Gasteiger partial charge >= 0.3 is 0 Å². The highest BCUT2D eigenvalue weighted by Gasteiger charge is 2.14. The zero-order valence-corrected chi connectivity index (χ0v) is 10.7. The summed E-state index contributed by atoms with van der Waals surface area (Å²) in [4.78, 5) is 12.1. The molecule has 0 aromatic heterocycles. The summed E-state index contributed by atoms with van der Waals surface area (Å²) in [6.45, 7) is 0. The van der Waals surface area contributed by atoms with Crippen LogP contribution in [0.15, 0.2) is 40.9 Å². The van der Waals surface area contributed by atoms with Crippen molar-refractivity contribution in [3.8, 4) is 0 Å². The van der Waals surface area contributed by atoms with Crippen LogP contribution in [0.25, 0.3) is 0 Å². The van der Waals surface area contributed by atoms with Crippen LogP contribution in [0.2, 0.25) is 0 Å². The second-order valence-corrected chi connectivity index (χ2v) is 4.54. The molecular weight excluding hydrogens is 304 g/mol. The number of benzene rings is 2. The molecular formula is C13H8BrF2NO. The fourth-order valence-electron chi connectivity index (χ4n) is 1.50. The van der Waals surface area contributed by atoms with Crippen molar-refractivity contribution in [1.29, 1.82) is 0 Å². The maximum atomic E-state index is 13.3. The Morgan fingerprint density at radius 3 is 2.50 bits per heavy atom. The lowest BCUT2D eigenvalue weighted by Crippen LogP contribution is -2.04. The van der Waals surface area contributed by atoms with E-state index in [1.54, 1.807) is 0 Å². The van der Waals surface area contributed by atoms with Crippen molar-refractivity contribution in [2.24, 2.45) is 0 Å². The zero-order valence-electron chi connectivity index (χ0n) is 9.08. The molecule has 2 aromatic carbocycles. The Morgan fingerprint density at radius 2 is 1.83 bits per heavy atom. The van der Waals surface area contributed by atoms with Gasteiger partial charge in [0.15, 0.2) is 5.78 Å². The first-order valence-corrected chi connectivity index (χ1v) is 5.83. The van der Waals surface area contributed by atoms with Gasteiger partial charge in [-0.25, -0.2) is 8.78 Å². The third-order valence-corrected chi connectivity index (χ3v) is 3.13. The van der Waals surface area contributed by atoms with Crippen LogP contribution in [-0.4, -0.2) is 5.78 Å². The molecule has 0 spiro atoms.